The van der Waals surface area contributed by atoms with E-state index in [4.69, 9.17) is 18.9 Å². The molecule has 17 nitrogen and oxygen atoms in total. The maximum absolute atomic E-state index is 14.7. The summed E-state index contributed by atoms with van der Waals surface area (Å²) in [7, 11) is 6.25. The van der Waals surface area contributed by atoms with Crippen molar-refractivity contribution in [3.63, 3.8) is 0 Å². The first-order chi connectivity index (χ1) is 33.2. The second kappa shape index (κ2) is 30.1. The van der Waals surface area contributed by atoms with E-state index >= 15 is 0 Å². The summed E-state index contributed by atoms with van der Waals surface area (Å²) in [5.74, 6) is -3.05. The fourth-order valence-corrected chi connectivity index (χ4v) is 9.96. The number of methoxy groups -OCH3 is 2. The van der Waals surface area contributed by atoms with E-state index in [1.54, 1.807) is 42.8 Å². The summed E-state index contributed by atoms with van der Waals surface area (Å²) >= 11 is 3.14. The number of carbonyl (C=O) groups excluding carboxylic acids is 6. The molecule has 6 amide bonds. The number of likely N-dealkylation sites (N-methyl/N-ethyl adjacent to an activating group) is 2. The zero-order valence-electron chi connectivity index (χ0n) is 43.9. The van der Waals surface area contributed by atoms with Gasteiger partial charge in [-0.2, -0.15) is 0 Å². The van der Waals surface area contributed by atoms with Crippen LogP contribution < -0.4 is 16.0 Å². The highest BCUT2D eigenvalue weighted by molar-refractivity contribution is 9.09. The van der Waals surface area contributed by atoms with Crippen molar-refractivity contribution in [1.82, 2.24) is 30.7 Å². The zero-order valence-corrected chi connectivity index (χ0v) is 45.4. The van der Waals surface area contributed by atoms with E-state index in [2.05, 4.69) is 31.9 Å². The van der Waals surface area contributed by atoms with Gasteiger partial charge in [-0.25, -0.2) is 4.79 Å². The summed E-state index contributed by atoms with van der Waals surface area (Å²) in [5, 5.41) is 19.8. The van der Waals surface area contributed by atoms with Crippen molar-refractivity contribution in [2.24, 2.45) is 23.7 Å². The standard InChI is InChI=1S/C52H85BrN6O11/c1-13-34(6)46(41(67-11)30-43(61)59-28-21-24-38(59)48(68-12)35(7)49(63)55-36(8)47(62)37-22-17-16-18-23-37)57(9)51(65)44(32(2)3)56-50(64)45(33(4)5)58(10)52(66)70-40-26-20-15-14-19-25-39(40)69-29-27-54-42(60)31-53/h16-18,20,22-23,26,32-36,38-41,44-48,62H,13-15,19,21,24-25,27-31H2,1-12H3,(H,54,60)(H,55,63)(H,56,64)/t34-,35+,36+,38-,39?,40?,41+,44-,45-,46-,47+,48+/m0/s1. The van der Waals surface area contributed by atoms with Crippen molar-refractivity contribution in [2.75, 3.05) is 53.3 Å². The molecule has 3 rings (SSSR count). The number of aliphatic hydroxyl groups is 1. The summed E-state index contributed by atoms with van der Waals surface area (Å²) in [6, 6.07) is 5.59. The van der Waals surface area contributed by atoms with E-state index < -0.39 is 78.6 Å². The predicted molar refractivity (Wildman–Crippen MR) is 273 cm³/mol. The third-order valence-electron chi connectivity index (χ3n) is 14.0. The Balaban J connectivity index is 1.76. The van der Waals surface area contributed by atoms with Gasteiger partial charge in [0.1, 0.15) is 18.2 Å². The van der Waals surface area contributed by atoms with E-state index in [9.17, 15) is 33.9 Å². The molecule has 4 N–H and O–H groups in total. The lowest BCUT2D eigenvalue weighted by atomic mass is 9.89. The molecule has 396 valence electrons. The van der Waals surface area contributed by atoms with Crippen LogP contribution in [0.2, 0.25) is 0 Å². The van der Waals surface area contributed by atoms with Gasteiger partial charge in [0, 0.05) is 41.4 Å². The highest BCUT2D eigenvalue weighted by Crippen LogP contribution is 2.30. The van der Waals surface area contributed by atoms with Crippen LogP contribution >= 0.6 is 15.9 Å². The Morgan fingerprint density at radius 1 is 0.871 bits per heavy atom. The number of halogens is 1. The summed E-state index contributed by atoms with van der Waals surface area (Å²) in [5.41, 5.74) is 0.688. The molecule has 2 aliphatic rings. The quantitative estimate of drug-likeness (QED) is 0.0498. The summed E-state index contributed by atoms with van der Waals surface area (Å²) in [6.07, 6.45) is 4.85. The maximum Gasteiger partial charge on any atom is 0.410 e. The second-order valence-corrected chi connectivity index (χ2v) is 20.3. The largest absolute Gasteiger partial charge is 0.439 e. The minimum absolute atomic E-state index is 0.0479. The Labute approximate surface area is 426 Å². The van der Waals surface area contributed by atoms with E-state index in [0.29, 0.717) is 44.3 Å². The number of hydrogen-bond donors (Lipinski definition) is 4. The molecular formula is C52H85BrN6O11. The SMILES string of the molecule is CC[C@H](C)[C@@H]([C@@H](CC(=O)N1CCC[C@H]1[C@H](OC)[C@@H](C)C(=O)N[C@H](C)[C@@H](O)c1ccccc1)OC)N(C)C(=O)[C@@H](NC(=O)[C@H](C(C)C)N(C)C(=O)OC1C=CCCCCC1OCCNC(=O)CBr)C(C)C. The molecule has 1 aromatic rings. The van der Waals surface area contributed by atoms with Crippen LogP contribution in [0.5, 0.6) is 0 Å². The normalized spacial score (nSPS) is 21.2. The van der Waals surface area contributed by atoms with Gasteiger partial charge in [0.05, 0.1) is 66.8 Å². The minimum Gasteiger partial charge on any atom is -0.439 e. The molecule has 70 heavy (non-hydrogen) atoms. The lowest BCUT2D eigenvalue weighted by Crippen LogP contribution is -2.60. The van der Waals surface area contributed by atoms with Crippen molar-refractivity contribution >= 4 is 51.6 Å². The number of rotatable bonds is 26. The smallest absolute Gasteiger partial charge is 0.410 e. The molecule has 18 heteroatoms. The van der Waals surface area contributed by atoms with Crippen LogP contribution in [-0.4, -0.2) is 163 Å². The summed E-state index contributed by atoms with van der Waals surface area (Å²) in [4.78, 5) is 87.3. The van der Waals surface area contributed by atoms with E-state index in [1.807, 2.05) is 71.9 Å². The molecule has 1 fully saturated rings. The van der Waals surface area contributed by atoms with Gasteiger partial charge in [-0.05, 0) is 68.4 Å². The van der Waals surface area contributed by atoms with Crippen molar-refractivity contribution in [3.05, 3.63) is 48.0 Å². The number of benzene rings is 1. The molecule has 1 heterocycles. The number of carbonyl (C=O) groups is 6. The Kier molecular flexibility index (Phi) is 25.8. The number of likely N-dealkylation sites (tertiary alicyclic amines) is 1. The fourth-order valence-electron chi connectivity index (χ4n) is 9.76. The molecule has 0 spiro atoms. The molecule has 0 aromatic heterocycles. The molecular weight excluding hydrogens is 965 g/mol. The van der Waals surface area contributed by atoms with E-state index in [-0.39, 0.29) is 59.7 Å². The monoisotopic (exact) mass is 1050 g/mol. The first-order valence-corrected chi connectivity index (χ1v) is 26.4. The van der Waals surface area contributed by atoms with Crippen LogP contribution in [0, 0.1) is 23.7 Å². The van der Waals surface area contributed by atoms with Crippen molar-refractivity contribution in [3.8, 4) is 0 Å². The molecule has 12 atom stereocenters. The number of hydrogen-bond acceptors (Lipinski definition) is 11. The molecule has 0 saturated carbocycles. The van der Waals surface area contributed by atoms with Crippen LogP contribution in [0.3, 0.4) is 0 Å². The Morgan fingerprint density at radius 3 is 2.16 bits per heavy atom. The average molecular weight is 1050 g/mol. The van der Waals surface area contributed by atoms with Crippen molar-refractivity contribution in [2.45, 2.75) is 167 Å². The Morgan fingerprint density at radius 2 is 1.56 bits per heavy atom. The number of allylic oxidation sites excluding steroid dienone is 1. The topological polar surface area (TPSA) is 205 Å². The molecule has 1 aliphatic carbocycles. The van der Waals surface area contributed by atoms with Gasteiger partial charge in [-0.1, -0.05) is 114 Å². The van der Waals surface area contributed by atoms with Gasteiger partial charge in [-0.3, -0.25) is 28.9 Å². The lowest BCUT2D eigenvalue weighted by Gasteiger charge is -2.41. The molecule has 1 saturated heterocycles. The van der Waals surface area contributed by atoms with Gasteiger partial charge in [0.15, 0.2) is 0 Å². The fraction of sp³-hybridized carbons (Fsp3) is 0.731. The number of ether oxygens (including phenoxy) is 4. The number of nitrogens with zero attached hydrogens (tertiary/aromatic N) is 3. The first-order valence-electron chi connectivity index (χ1n) is 25.2. The summed E-state index contributed by atoms with van der Waals surface area (Å²) < 4.78 is 24.2. The van der Waals surface area contributed by atoms with Crippen LogP contribution in [0.25, 0.3) is 0 Å². The average Bonchev–Trinajstić information content (AvgIpc) is 3.82. The third-order valence-corrected chi connectivity index (χ3v) is 14.5. The highest BCUT2D eigenvalue weighted by atomic mass is 79.9. The second-order valence-electron chi connectivity index (χ2n) is 19.7. The molecule has 1 aliphatic heterocycles. The number of alkyl halides is 1. The van der Waals surface area contributed by atoms with Gasteiger partial charge >= 0.3 is 6.09 Å². The lowest BCUT2D eigenvalue weighted by molar-refractivity contribution is -0.148. The number of aliphatic hydroxyl groups excluding tert-OH is 1. The van der Waals surface area contributed by atoms with Crippen LogP contribution in [0.15, 0.2) is 42.5 Å². The molecule has 1 aromatic carbocycles. The van der Waals surface area contributed by atoms with Crippen LogP contribution in [-0.2, 0) is 42.9 Å². The van der Waals surface area contributed by atoms with Gasteiger partial charge in [0.2, 0.25) is 29.5 Å². The zero-order chi connectivity index (χ0) is 52.2. The van der Waals surface area contributed by atoms with E-state index in [0.717, 1.165) is 19.3 Å². The minimum atomic E-state index is -1.000. The molecule has 0 bridgehead atoms. The van der Waals surface area contributed by atoms with Crippen molar-refractivity contribution < 1.29 is 52.8 Å². The molecule has 0 radical (unpaired) electrons. The van der Waals surface area contributed by atoms with Gasteiger partial charge < -0.3 is 49.8 Å². The molecule has 2 unspecified atom stereocenters. The predicted octanol–water partition coefficient (Wildman–Crippen LogP) is 5.77. The highest BCUT2D eigenvalue weighted by Gasteiger charge is 2.44. The maximum atomic E-state index is 14.7. The number of amides is 6. The Hall–Kier alpha value is -4.10. The Bertz CT molecular complexity index is 1840. The van der Waals surface area contributed by atoms with Crippen LogP contribution in [0.1, 0.15) is 118 Å². The van der Waals surface area contributed by atoms with Crippen molar-refractivity contribution in [1.29, 1.82) is 0 Å². The van der Waals surface area contributed by atoms with E-state index in [1.165, 1.54) is 26.2 Å². The first kappa shape index (κ1) is 60.2. The van der Waals surface area contributed by atoms with Gasteiger partial charge in [0.25, 0.3) is 0 Å². The summed E-state index contributed by atoms with van der Waals surface area (Å²) in [6.45, 7) is 15.8. The van der Waals surface area contributed by atoms with Crippen LogP contribution in [0.4, 0.5) is 4.79 Å². The third kappa shape index (κ3) is 17.0. The number of nitrogens with one attached hydrogen (secondary N) is 3. The van der Waals surface area contributed by atoms with Gasteiger partial charge in [-0.15, -0.1) is 0 Å².